The van der Waals surface area contributed by atoms with E-state index in [1.54, 1.807) is 0 Å². The molecule has 0 bridgehead atoms. The fourth-order valence-electron chi connectivity index (χ4n) is 2.96. The molecule has 0 spiro atoms. The maximum atomic E-state index is 5.96. The zero-order chi connectivity index (χ0) is 12.1. The number of nitrogens with two attached hydrogens (primary N) is 1. The first-order valence-electron chi connectivity index (χ1n) is 6.71. The van der Waals surface area contributed by atoms with Crippen molar-refractivity contribution in [3.05, 3.63) is 0 Å². The maximum Gasteiger partial charge on any atom is 0.0678 e. The minimum Gasteiger partial charge on any atom is -0.373 e. The summed E-state index contributed by atoms with van der Waals surface area (Å²) in [4.78, 5) is 2.54. The van der Waals surface area contributed by atoms with Crippen molar-refractivity contribution in [2.45, 2.75) is 58.8 Å². The molecular formula is C13H28N2O. The Kier molecular flexibility index (Phi) is 5.73. The molecule has 0 radical (unpaired) electrons. The molecule has 0 aliphatic carbocycles. The third-order valence-corrected chi connectivity index (χ3v) is 3.75. The molecule has 16 heavy (non-hydrogen) atoms. The Morgan fingerprint density at radius 1 is 1.19 bits per heavy atom. The molecule has 1 rings (SSSR count). The minimum atomic E-state index is 0.340. The van der Waals surface area contributed by atoms with Gasteiger partial charge < -0.3 is 10.5 Å². The van der Waals surface area contributed by atoms with Gasteiger partial charge in [0.15, 0.2) is 0 Å². The van der Waals surface area contributed by atoms with Crippen LogP contribution in [-0.4, -0.2) is 42.8 Å². The molecule has 3 heteroatoms. The first-order valence-corrected chi connectivity index (χ1v) is 6.71. The number of nitrogens with zero attached hydrogens (tertiary/aromatic N) is 1. The van der Waals surface area contributed by atoms with Crippen molar-refractivity contribution < 1.29 is 4.74 Å². The molecule has 3 atom stereocenters. The van der Waals surface area contributed by atoms with Crippen LogP contribution in [-0.2, 0) is 4.74 Å². The first-order chi connectivity index (χ1) is 7.62. The van der Waals surface area contributed by atoms with Crippen LogP contribution in [0, 0.1) is 5.92 Å². The van der Waals surface area contributed by atoms with Gasteiger partial charge in [0.1, 0.15) is 0 Å². The summed E-state index contributed by atoms with van der Waals surface area (Å²) >= 11 is 0. The molecule has 3 unspecified atom stereocenters. The normalized spacial score (nSPS) is 29.6. The number of morpholine rings is 1. The molecule has 1 aliphatic heterocycles. The van der Waals surface area contributed by atoms with Gasteiger partial charge in [-0.2, -0.15) is 0 Å². The molecule has 96 valence electrons. The summed E-state index contributed by atoms with van der Waals surface area (Å²) in [5, 5.41) is 0. The van der Waals surface area contributed by atoms with Crippen LogP contribution in [0.2, 0.25) is 0 Å². The zero-order valence-corrected chi connectivity index (χ0v) is 11.3. The second kappa shape index (κ2) is 6.58. The van der Waals surface area contributed by atoms with E-state index in [1.165, 1.54) is 12.8 Å². The summed E-state index contributed by atoms with van der Waals surface area (Å²) in [7, 11) is 0. The Labute approximate surface area is 100 Å². The van der Waals surface area contributed by atoms with Crippen LogP contribution in [0.15, 0.2) is 0 Å². The molecule has 0 saturated carbocycles. The molecule has 0 aromatic rings. The van der Waals surface area contributed by atoms with Gasteiger partial charge in [-0.05, 0) is 19.8 Å². The third kappa shape index (κ3) is 3.44. The lowest BCUT2D eigenvalue weighted by molar-refractivity contribution is -0.0862. The van der Waals surface area contributed by atoms with Crippen LogP contribution in [0.3, 0.4) is 0 Å². The fraction of sp³-hybridized carbons (Fsp3) is 1.00. The highest BCUT2D eigenvalue weighted by Gasteiger charge is 2.30. The molecule has 0 amide bonds. The highest BCUT2D eigenvalue weighted by Crippen LogP contribution is 2.22. The van der Waals surface area contributed by atoms with Gasteiger partial charge in [0.25, 0.3) is 0 Å². The molecule has 3 nitrogen and oxygen atoms in total. The van der Waals surface area contributed by atoms with Gasteiger partial charge in [0.05, 0.1) is 12.2 Å². The predicted octanol–water partition coefficient (Wildman–Crippen LogP) is 1.86. The van der Waals surface area contributed by atoms with Gasteiger partial charge in [-0.25, -0.2) is 0 Å². The quantitative estimate of drug-likeness (QED) is 0.780. The maximum absolute atomic E-state index is 5.96. The van der Waals surface area contributed by atoms with Crippen molar-refractivity contribution in [1.82, 2.24) is 4.90 Å². The van der Waals surface area contributed by atoms with Crippen LogP contribution in [0.25, 0.3) is 0 Å². The summed E-state index contributed by atoms with van der Waals surface area (Å²) in [5.41, 5.74) is 5.96. The van der Waals surface area contributed by atoms with Crippen molar-refractivity contribution in [2.75, 3.05) is 19.6 Å². The van der Waals surface area contributed by atoms with Gasteiger partial charge in [-0.15, -0.1) is 0 Å². The largest absolute Gasteiger partial charge is 0.373 e. The lowest BCUT2D eigenvalue weighted by atomic mass is 9.92. The van der Waals surface area contributed by atoms with Crippen LogP contribution < -0.4 is 5.73 Å². The van der Waals surface area contributed by atoms with Crippen molar-refractivity contribution in [2.24, 2.45) is 11.7 Å². The lowest BCUT2D eigenvalue weighted by Gasteiger charge is -2.42. The smallest absolute Gasteiger partial charge is 0.0678 e. The number of hydrogen-bond acceptors (Lipinski definition) is 3. The summed E-state index contributed by atoms with van der Waals surface area (Å²) < 4.78 is 5.78. The first kappa shape index (κ1) is 13.9. The van der Waals surface area contributed by atoms with Crippen LogP contribution in [0.1, 0.15) is 40.5 Å². The predicted molar refractivity (Wildman–Crippen MR) is 68.5 cm³/mol. The van der Waals surface area contributed by atoms with E-state index in [4.69, 9.17) is 10.5 Å². The molecule has 1 fully saturated rings. The van der Waals surface area contributed by atoms with Crippen molar-refractivity contribution >= 4 is 0 Å². The van der Waals surface area contributed by atoms with Crippen LogP contribution in [0.5, 0.6) is 0 Å². The summed E-state index contributed by atoms with van der Waals surface area (Å²) in [5.74, 6) is 0.725. The number of hydrogen-bond donors (Lipinski definition) is 1. The lowest BCUT2D eigenvalue weighted by Crippen LogP contribution is -2.54. The molecular weight excluding hydrogens is 200 g/mol. The standard InChI is InChI=1S/C13H28N2O/c1-5-12(6-2)13(7-14)15-8-10(3)16-11(4)9-15/h10-13H,5-9,14H2,1-4H3. The molecule has 0 aromatic carbocycles. The molecule has 1 aliphatic rings. The highest BCUT2D eigenvalue weighted by molar-refractivity contribution is 4.84. The van der Waals surface area contributed by atoms with E-state index in [-0.39, 0.29) is 0 Å². The zero-order valence-electron chi connectivity index (χ0n) is 11.3. The Morgan fingerprint density at radius 2 is 1.69 bits per heavy atom. The Morgan fingerprint density at radius 3 is 2.06 bits per heavy atom. The van der Waals surface area contributed by atoms with Crippen LogP contribution in [0.4, 0.5) is 0 Å². The molecule has 1 saturated heterocycles. The summed E-state index contributed by atoms with van der Waals surface area (Å²) in [6.45, 7) is 11.7. The number of rotatable bonds is 5. The molecule has 1 heterocycles. The van der Waals surface area contributed by atoms with E-state index in [0.717, 1.165) is 25.6 Å². The average Bonchev–Trinajstić information content (AvgIpc) is 2.24. The highest BCUT2D eigenvalue weighted by atomic mass is 16.5. The third-order valence-electron chi connectivity index (χ3n) is 3.75. The monoisotopic (exact) mass is 228 g/mol. The summed E-state index contributed by atoms with van der Waals surface area (Å²) in [6.07, 6.45) is 3.12. The van der Waals surface area contributed by atoms with Crippen molar-refractivity contribution in [1.29, 1.82) is 0 Å². The topological polar surface area (TPSA) is 38.5 Å². The van der Waals surface area contributed by atoms with E-state index in [9.17, 15) is 0 Å². The Hall–Kier alpha value is -0.120. The fourth-order valence-corrected chi connectivity index (χ4v) is 2.96. The van der Waals surface area contributed by atoms with Gasteiger partial charge in [-0.1, -0.05) is 26.7 Å². The van der Waals surface area contributed by atoms with Gasteiger partial charge in [0, 0.05) is 25.7 Å². The van der Waals surface area contributed by atoms with Gasteiger partial charge in [0.2, 0.25) is 0 Å². The molecule has 0 aromatic heterocycles. The Balaban J connectivity index is 2.63. The second-order valence-corrected chi connectivity index (χ2v) is 5.09. The SMILES string of the molecule is CCC(CC)C(CN)N1CC(C)OC(C)C1. The van der Waals surface area contributed by atoms with E-state index >= 15 is 0 Å². The van der Waals surface area contributed by atoms with E-state index < -0.39 is 0 Å². The molecule has 2 N–H and O–H groups in total. The number of ether oxygens (including phenoxy) is 1. The van der Waals surface area contributed by atoms with E-state index in [2.05, 4.69) is 32.6 Å². The van der Waals surface area contributed by atoms with Crippen LogP contribution >= 0.6 is 0 Å². The van der Waals surface area contributed by atoms with E-state index in [1.807, 2.05) is 0 Å². The Bertz CT molecular complexity index is 184. The average molecular weight is 228 g/mol. The summed E-state index contributed by atoms with van der Waals surface area (Å²) in [6, 6.07) is 0.531. The second-order valence-electron chi connectivity index (χ2n) is 5.09. The van der Waals surface area contributed by atoms with E-state index in [0.29, 0.717) is 18.2 Å². The van der Waals surface area contributed by atoms with Gasteiger partial charge >= 0.3 is 0 Å². The van der Waals surface area contributed by atoms with Gasteiger partial charge in [-0.3, -0.25) is 4.90 Å². The van der Waals surface area contributed by atoms with Crippen molar-refractivity contribution in [3.63, 3.8) is 0 Å². The minimum absolute atomic E-state index is 0.340. The van der Waals surface area contributed by atoms with Crippen molar-refractivity contribution in [3.8, 4) is 0 Å².